The third kappa shape index (κ3) is 1.96. The number of aliphatic carboxylic acids is 1. The van der Waals surface area contributed by atoms with E-state index in [-0.39, 0.29) is 0 Å². The van der Waals surface area contributed by atoms with Gasteiger partial charge < -0.3 is 5.11 Å². The average molecular weight is 236 g/mol. The van der Waals surface area contributed by atoms with Crippen LogP contribution >= 0.6 is 0 Å². The SMILES string of the molecule is Cc1cc(C)n(C2(C(=O)O)CCC(C)CC2)n1. The Bertz CT molecular complexity index is 429. The molecule has 1 N–H and O–H groups in total. The van der Waals surface area contributed by atoms with Crippen molar-refractivity contribution < 1.29 is 9.90 Å². The van der Waals surface area contributed by atoms with Gasteiger partial charge in [-0.1, -0.05) is 6.92 Å². The zero-order chi connectivity index (χ0) is 12.6. The summed E-state index contributed by atoms with van der Waals surface area (Å²) < 4.78 is 1.73. The third-order valence-electron chi connectivity index (χ3n) is 3.91. The van der Waals surface area contributed by atoms with Gasteiger partial charge in [0.05, 0.1) is 5.69 Å². The summed E-state index contributed by atoms with van der Waals surface area (Å²) in [5.41, 5.74) is 1.02. The Labute approximate surface area is 102 Å². The molecular formula is C13H20N2O2. The average Bonchev–Trinajstić information content (AvgIpc) is 2.59. The highest BCUT2D eigenvalue weighted by Gasteiger charge is 2.44. The lowest BCUT2D eigenvalue weighted by molar-refractivity contribution is -0.150. The summed E-state index contributed by atoms with van der Waals surface area (Å²) in [6, 6.07) is 1.95. The van der Waals surface area contributed by atoms with Crippen LogP contribution in [-0.4, -0.2) is 20.9 Å². The predicted octanol–water partition coefficient (Wildman–Crippen LogP) is 2.49. The molecule has 0 radical (unpaired) electrons. The van der Waals surface area contributed by atoms with Crippen LogP contribution in [0.2, 0.25) is 0 Å². The van der Waals surface area contributed by atoms with Crippen molar-refractivity contribution in [1.29, 1.82) is 0 Å². The molecule has 1 saturated carbocycles. The molecule has 0 spiro atoms. The van der Waals surface area contributed by atoms with Crippen molar-refractivity contribution in [3.63, 3.8) is 0 Å². The van der Waals surface area contributed by atoms with Crippen LogP contribution in [0.4, 0.5) is 0 Å². The van der Waals surface area contributed by atoms with E-state index in [4.69, 9.17) is 0 Å². The molecule has 0 unspecified atom stereocenters. The first-order chi connectivity index (χ1) is 7.95. The van der Waals surface area contributed by atoms with Crippen LogP contribution in [0.1, 0.15) is 44.0 Å². The molecule has 0 bridgehead atoms. The number of aromatic nitrogens is 2. The summed E-state index contributed by atoms with van der Waals surface area (Å²) in [5.74, 6) is -0.116. The smallest absolute Gasteiger partial charge is 0.331 e. The van der Waals surface area contributed by atoms with Gasteiger partial charge in [0.2, 0.25) is 0 Å². The normalized spacial score (nSPS) is 29.2. The minimum Gasteiger partial charge on any atom is -0.479 e. The molecule has 1 aromatic rings. The highest BCUT2D eigenvalue weighted by molar-refractivity contribution is 5.77. The zero-order valence-electron chi connectivity index (χ0n) is 10.7. The van der Waals surface area contributed by atoms with Gasteiger partial charge in [-0.15, -0.1) is 0 Å². The van der Waals surface area contributed by atoms with Gasteiger partial charge in [0.15, 0.2) is 5.54 Å². The monoisotopic (exact) mass is 236 g/mol. The molecule has 0 amide bonds. The van der Waals surface area contributed by atoms with Crippen molar-refractivity contribution in [2.24, 2.45) is 5.92 Å². The van der Waals surface area contributed by atoms with E-state index < -0.39 is 11.5 Å². The molecular weight excluding hydrogens is 216 g/mol. The second-order valence-electron chi connectivity index (χ2n) is 5.36. The van der Waals surface area contributed by atoms with Gasteiger partial charge in [-0.2, -0.15) is 5.10 Å². The predicted molar refractivity (Wildman–Crippen MR) is 64.9 cm³/mol. The number of hydrogen-bond donors (Lipinski definition) is 1. The van der Waals surface area contributed by atoms with Gasteiger partial charge in [-0.05, 0) is 51.5 Å². The molecule has 17 heavy (non-hydrogen) atoms. The fraction of sp³-hybridized carbons (Fsp3) is 0.692. The van der Waals surface area contributed by atoms with Crippen molar-refractivity contribution in [3.8, 4) is 0 Å². The first kappa shape index (κ1) is 12.1. The molecule has 1 aromatic heterocycles. The summed E-state index contributed by atoms with van der Waals surface area (Å²) in [4.78, 5) is 11.7. The van der Waals surface area contributed by atoms with E-state index in [1.165, 1.54) is 0 Å². The summed E-state index contributed by atoms with van der Waals surface area (Å²) in [7, 11) is 0. The Morgan fingerprint density at radius 1 is 1.47 bits per heavy atom. The third-order valence-corrected chi connectivity index (χ3v) is 3.91. The number of hydrogen-bond acceptors (Lipinski definition) is 2. The molecule has 1 fully saturated rings. The van der Waals surface area contributed by atoms with Gasteiger partial charge in [0.1, 0.15) is 0 Å². The van der Waals surface area contributed by atoms with Crippen LogP contribution in [0.5, 0.6) is 0 Å². The summed E-state index contributed by atoms with van der Waals surface area (Å²) in [6.07, 6.45) is 3.30. The first-order valence-corrected chi connectivity index (χ1v) is 6.23. The van der Waals surface area contributed by atoms with Gasteiger partial charge in [0.25, 0.3) is 0 Å². The summed E-state index contributed by atoms with van der Waals surface area (Å²) >= 11 is 0. The molecule has 4 heteroatoms. The number of nitrogens with zero attached hydrogens (tertiary/aromatic N) is 2. The largest absolute Gasteiger partial charge is 0.479 e. The summed E-state index contributed by atoms with van der Waals surface area (Å²) in [5, 5.41) is 14.0. The molecule has 1 heterocycles. The molecule has 1 aliphatic carbocycles. The number of carboxylic acid groups (broad SMARTS) is 1. The lowest BCUT2D eigenvalue weighted by atomic mass is 9.77. The van der Waals surface area contributed by atoms with Crippen LogP contribution in [0.3, 0.4) is 0 Å². The van der Waals surface area contributed by atoms with E-state index in [9.17, 15) is 9.90 Å². The quantitative estimate of drug-likeness (QED) is 0.858. The maximum absolute atomic E-state index is 11.7. The molecule has 4 nitrogen and oxygen atoms in total. The molecule has 0 aromatic carbocycles. The topological polar surface area (TPSA) is 55.1 Å². The van der Waals surface area contributed by atoms with Crippen molar-refractivity contribution in [3.05, 3.63) is 17.5 Å². The van der Waals surface area contributed by atoms with Gasteiger partial charge in [-0.25, -0.2) is 4.79 Å². The van der Waals surface area contributed by atoms with E-state index in [0.29, 0.717) is 18.8 Å². The van der Waals surface area contributed by atoms with Crippen molar-refractivity contribution in [2.75, 3.05) is 0 Å². The molecule has 0 saturated heterocycles. The maximum atomic E-state index is 11.7. The Hall–Kier alpha value is -1.32. The van der Waals surface area contributed by atoms with E-state index in [1.807, 2.05) is 19.9 Å². The maximum Gasteiger partial charge on any atom is 0.331 e. The number of carboxylic acids is 1. The molecule has 2 rings (SSSR count). The van der Waals surface area contributed by atoms with Gasteiger partial charge >= 0.3 is 5.97 Å². The lowest BCUT2D eigenvalue weighted by Crippen LogP contribution is -2.46. The van der Waals surface area contributed by atoms with Crippen LogP contribution in [0.15, 0.2) is 6.07 Å². The first-order valence-electron chi connectivity index (χ1n) is 6.23. The Morgan fingerprint density at radius 3 is 2.47 bits per heavy atom. The fourth-order valence-corrected chi connectivity index (χ4v) is 2.82. The molecule has 94 valence electrons. The summed E-state index contributed by atoms with van der Waals surface area (Å²) in [6.45, 7) is 6.03. The minimum absolute atomic E-state index is 0.624. The fourth-order valence-electron chi connectivity index (χ4n) is 2.82. The van der Waals surface area contributed by atoms with Gasteiger partial charge in [-0.3, -0.25) is 4.68 Å². The van der Waals surface area contributed by atoms with Crippen LogP contribution < -0.4 is 0 Å². The van der Waals surface area contributed by atoms with Crippen LogP contribution in [0, 0.1) is 19.8 Å². The molecule has 1 aliphatic rings. The standard InChI is InChI=1S/C13H20N2O2/c1-9-4-6-13(7-5-9,12(16)17)15-11(3)8-10(2)14-15/h8-9H,4-7H2,1-3H3,(H,16,17). The Balaban J connectivity index is 2.42. The van der Waals surface area contributed by atoms with Crippen molar-refractivity contribution in [1.82, 2.24) is 9.78 Å². The van der Waals surface area contributed by atoms with Crippen molar-refractivity contribution >= 4 is 5.97 Å². The van der Waals surface area contributed by atoms with Crippen LogP contribution in [-0.2, 0) is 10.3 Å². The lowest BCUT2D eigenvalue weighted by Gasteiger charge is -2.36. The highest BCUT2D eigenvalue weighted by atomic mass is 16.4. The van der Waals surface area contributed by atoms with E-state index in [1.54, 1.807) is 4.68 Å². The van der Waals surface area contributed by atoms with E-state index >= 15 is 0 Å². The minimum atomic E-state index is -0.815. The highest BCUT2D eigenvalue weighted by Crippen LogP contribution is 2.38. The number of carbonyl (C=O) groups is 1. The number of aryl methyl sites for hydroxylation is 2. The van der Waals surface area contributed by atoms with E-state index in [0.717, 1.165) is 24.2 Å². The Morgan fingerprint density at radius 2 is 2.06 bits per heavy atom. The second-order valence-corrected chi connectivity index (χ2v) is 5.36. The second kappa shape index (κ2) is 4.17. The van der Waals surface area contributed by atoms with Crippen LogP contribution in [0.25, 0.3) is 0 Å². The molecule has 0 aliphatic heterocycles. The Kier molecular flexibility index (Phi) is 2.98. The zero-order valence-corrected chi connectivity index (χ0v) is 10.7. The number of rotatable bonds is 2. The molecule has 0 atom stereocenters. The van der Waals surface area contributed by atoms with Crippen molar-refractivity contribution in [2.45, 2.75) is 52.0 Å². The van der Waals surface area contributed by atoms with E-state index in [2.05, 4.69) is 12.0 Å². The van der Waals surface area contributed by atoms with Gasteiger partial charge in [0, 0.05) is 5.69 Å².